The Balaban J connectivity index is 0.964. The third-order valence-corrected chi connectivity index (χ3v) is 18.8. The zero-order valence-corrected chi connectivity index (χ0v) is 48.1. The minimum Gasteiger partial charge on any atom is -0.380 e. The lowest BCUT2D eigenvalue weighted by Crippen LogP contribution is -2.33. The van der Waals surface area contributed by atoms with Gasteiger partial charge in [-0.05, 0) is 40.3 Å². The highest BCUT2D eigenvalue weighted by atomic mass is 31.3. The number of fused-ring (bicyclic) bond motifs is 2. The Morgan fingerprint density at radius 1 is 0.583 bits per heavy atom. The van der Waals surface area contributed by atoms with Gasteiger partial charge in [-0.2, -0.15) is 4.98 Å². The van der Waals surface area contributed by atoms with E-state index in [-0.39, 0.29) is 56.6 Å². The van der Waals surface area contributed by atoms with Crippen molar-refractivity contribution in [3.63, 3.8) is 0 Å². The van der Waals surface area contributed by atoms with Crippen molar-refractivity contribution in [2.75, 3.05) is 26.4 Å². The number of rotatable bonds is 28. The second-order valence-electron chi connectivity index (χ2n) is 20.0. The number of benzene rings is 7. The first kappa shape index (κ1) is 58.2. The van der Waals surface area contributed by atoms with Crippen molar-refractivity contribution in [2.24, 2.45) is 4.99 Å². The molecule has 18 nitrogen and oxygen atoms in total. The third-order valence-electron chi connectivity index (χ3n) is 14.2. The maximum Gasteiger partial charge on any atom is 0.418 e. The van der Waals surface area contributed by atoms with Crippen LogP contribution >= 0.6 is 15.5 Å². The standard InChI is InChI=1S/C64H65N7O11P2/c1-2-75-39-38-71(83(73,76-43-52-30-16-6-17-31-52)77-44-53-32-18-7-19-33-53)84(74,78-45-54-34-20-8-21-35-54)79-46-56-58-59(82-63(81-58)55-36-22-9-23-37-55)62(80-56)70-48-65-57-60(70)67-64(69(61(57)72)42-51-28-14-5-15-29-51)66-47-68(40-49-24-10-3-11-25-49)41-50-26-12-4-13-27-50/h3-37,47-48,56,58-59,62-63H,2,38-46H2,1H3/b66-47+/t56-,58-,59-,62-,63?,84?/m1/s1. The van der Waals surface area contributed by atoms with E-state index in [0.717, 1.165) is 26.7 Å². The fourth-order valence-electron chi connectivity index (χ4n) is 9.92. The molecule has 2 saturated heterocycles. The van der Waals surface area contributed by atoms with Crippen LogP contribution in [0, 0.1) is 0 Å². The van der Waals surface area contributed by atoms with Crippen molar-refractivity contribution in [3.8, 4) is 0 Å². The number of ether oxygens (including phenoxy) is 4. The molecule has 0 aliphatic carbocycles. The lowest BCUT2D eigenvalue weighted by molar-refractivity contribution is -0.152. The number of aromatic nitrogens is 4. The Morgan fingerprint density at radius 3 is 1.56 bits per heavy atom. The third kappa shape index (κ3) is 14.3. The second kappa shape index (κ2) is 27.9. The lowest BCUT2D eigenvalue weighted by atomic mass is 10.1. The number of nitrogens with zero attached hydrogens (tertiary/aromatic N) is 7. The van der Waals surface area contributed by atoms with Gasteiger partial charge in [-0.1, -0.05) is 212 Å². The van der Waals surface area contributed by atoms with Crippen molar-refractivity contribution in [3.05, 3.63) is 268 Å². The molecule has 2 unspecified atom stereocenters. The van der Waals surface area contributed by atoms with Gasteiger partial charge in [0, 0.05) is 31.8 Å². The number of imidazole rings is 1. The molecule has 9 aromatic rings. The van der Waals surface area contributed by atoms with Crippen LogP contribution in [0.2, 0.25) is 0 Å². The molecule has 7 aromatic carbocycles. The Labute approximate surface area is 488 Å². The maximum atomic E-state index is 16.2. The molecular formula is C64H65N7O11P2. The number of hydrogen-bond donors (Lipinski definition) is 0. The summed E-state index contributed by atoms with van der Waals surface area (Å²) in [5.41, 5.74) is 5.61. The molecule has 0 spiro atoms. The summed E-state index contributed by atoms with van der Waals surface area (Å²) in [6.45, 7) is 2.03. The van der Waals surface area contributed by atoms with E-state index in [0.29, 0.717) is 36.4 Å². The lowest BCUT2D eigenvalue weighted by Gasteiger charge is -2.35. The van der Waals surface area contributed by atoms with Crippen LogP contribution in [-0.4, -0.2) is 79.5 Å². The molecule has 2 fully saturated rings. The summed E-state index contributed by atoms with van der Waals surface area (Å²) in [7, 11) is -9.48. The largest absolute Gasteiger partial charge is 0.418 e. The molecule has 2 aliphatic rings. The molecule has 6 atom stereocenters. The van der Waals surface area contributed by atoms with Crippen LogP contribution in [0.1, 0.15) is 58.4 Å². The summed E-state index contributed by atoms with van der Waals surface area (Å²) in [5.74, 6) is 0.126. The molecule has 0 radical (unpaired) electrons. The van der Waals surface area contributed by atoms with E-state index in [1.165, 1.54) is 10.9 Å². The second-order valence-corrected chi connectivity index (χ2v) is 24.2. The SMILES string of the molecule is CCOCCN(P(=O)(OCc1ccccc1)OCc1ccccc1)P(=O)(OCc1ccccc1)OC[C@H]1O[C@@H](n2cnc3c(=O)n(Cc4ccccc4)c(/N=C/N(Cc4ccccc4)Cc4ccccc4)nc32)[C@@H]2OC(c3ccccc3)O[C@@H]21. The molecule has 0 N–H and O–H groups in total. The molecule has 432 valence electrons. The minimum atomic E-state index is -4.82. The van der Waals surface area contributed by atoms with Gasteiger partial charge in [-0.3, -0.25) is 32.0 Å². The van der Waals surface area contributed by atoms with Crippen LogP contribution in [0.4, 0.5) is 5.95 Å². The average Bonchev–Trinajstić information content (AvgIpc) is 3.77. The highest BCUT2D eigenvalue weighted by molar-refractivity contribution is 7.67. The summed E-state index contributed by atoms with van der Waals surface area (Å²) in [6, 6.07) is 66.8. The van der Waals surface area contributed by atoms with Crippen LogP contribution in [0.15, 0.2) is 228 Å². The number of hydrogen-bond acceptors (Lipinski definition) is 14. The molecule has 0 amide bonds. The van der Waals surface area contributed by atoms with Gasteiger partial charge in [0.05, 0.1) is 52.2 Å². The minimum absolute atomic E-state index is 0.0494. The molecular weight excluding hydrogens is 1100 g/mol. The van der Waals surface area contributed by atoms with Crippen molar-refractivity contribution in [2.45, 2.75) is 77.2 Å². The van der Waals surface area contributed by atoms with E-state index in [1.54, 1.807) is 10.9 Å². The number of aliphatic imine (C=N–C) groups is 1. The molecule has 84 heavy (non-hydrogen) atoms. The monoisotopic (exact) mass is 1170 g/mol. The van der Waals surface area contributed by atoms with Crippen molar-refractivity contribution >= 4 is 38.9 Å². The van der Waals surface area contributed by atoms with E-state index in [1.807, 2.05) is 195 Å². The van der Waals surface area contributed by atoms with E-state index in [2.05, 4.69) is 34.1 Å². The summed E-state index contributed by atoms with van der Waals surface area (Å²) < 4.78 is 88.2. The highest BCUT2D eigenvalue weighted by Crippen LogP contribution is 2.69. The van der Waals surface area contributed by atoms with Gasteiger partial charge in [0.1, 0.15) is 18.3 Å². The normalized spacial score (nSPS) is 18.6. The van der Waals surface area contributed by atoms with E-state index < -0.39 is 58.5 Å². The fourth-order valence-corrected chi connectivity index (χ4v) is 14.2. The Bertz CT molecular complexity index is 3620. The zero-order chi connectivity index (χ0) is 57.6. The summed E-state index contributed by atoms with van der Waals surface area (Å²) in [5, 5.41) is 0. The van der Waals surface area contributed by atoms with E-state index >= 15 is 9.13 Å². The maximum absolute atomic E-state index is 16.2. The summed E-state index contributed by atoms with van der Waals surface area (Å²) in [6.07, 6.45) is -1.49. The topological polar surface area (TPSA) is 180 Å². The molecule has 0 bridgehead atoms. The van der Waals surface area contributed by atoms with Crippen LogP contribution < -0.4 is 5.56 Å². The fraction of sp³-hybridized carbons (Fsp3) is 0.250. The smallest absolute Gasteiger partial charge is 0.380 e. The average molecular weight is 1170 g/mol. The van der Waals surface area contributed by atoms with Gasteiger partial charge in [0.15, 0.2) is 23.7 Å². The predicted molar refractivity (Wildman–Crippen MR) is 319 cm³/mol. The van der Waals surface area contributed by atoms with Gasteiger partial charge < -0.3 is 23.8 Å². The Hall–Kier alpha value is -7.54. The first-order valence-electron chi connectivity index (χ1n) is 27.9. The predicted octanol–water partition coefficient (Wildman–Crippen LogP) is 12.6. The molecule has 20 heteroatoms. The van der Waals surface area contributed by atoms with Crippen molar-refractivity contribution in [1.29, 1.82) is 0 Å². The Morgan fingerprint density at radius 2 is 1.05 bits per heavy atom. The van der Waals surface area contributed by atoms with Crippen LogP contribution in [-0.2, 0) is 85.6 Å². The first-order chi connectivity index (χ1) is 41.2. The summed E-state index contributed by atoms with van der Waals surface area (Å²) in [4.78, 5) is 31.8. The van der Waals surface area contributed by atoms with E-state index in [9.17, 15) is 4.79 Å². The molecule has 2 aliphatic heterocycles. The molecule has 4 heterocycles. The van der Waals surface area contributed by atoms with Gasteiger partial charge >= 0.3 is 15.5 Å². The van der Waals surface area contributed by atoms with Gasteiger partial charge in [-0.15, -0.1) is 4.44 Å². The highest BCUT2D eigenvalue weighted by Gasteiger charge is 2.56. The molecule has 11 rings (SSSR count). The molecule has 2 aromatic heterocycles. The zero-order valence-electron chi connectivity index (χ0n) is 46.3. The van der Waals surface area contributed by atoms with Gasteiger partial charge in [0.25, 0.3) is 5.56 Å². The van der Waals surface area contributed by atoms with Gasteiger partial charge in [-0.25, -0.2) is 19.1 Å². The van der Waals surface area contributed by atoms with Crippen molar-refractivity contribution in [1.82, 2.24) is 28.4 Å². The van der Waals surface area contributed by atoms with Gasteiger partial charge in [0.2, 0.25) is 5.95 Å². The Kier molecular flexibility index (Phi) is 19.3. The summed E-state index contributed by atoms with van der Waals surface area (Å²) >= 11 is 0. The van der Waals surface area contributed by atoms with Crippen LogP contribution in [0.5, 0.6) is 0 Å². The van der Waals surface area contributed by atoms with Crippen molar-refractivity contribution < 1.29 is 46.2 Å². The first-order valence-corrected chi connectivity index (χ1v) is 30.9. The molecule has 0 saturated carbocycles. The van der Waals surface area contributed by atoms with Crippen LogP contribution in [0.25, 0.3) is 11.2 Å². The quantitative estimate of drug-likeness (QED) is 0.0195. The van der Waals surface area contributed by atoms with E-state index in [4.69, 9.17) is 47.0 Å². The van der Waals surface area contributed by atoms with Crippen LogP contribution in [0.3, 0.4) is 0 Å².